The molecule has 0 radical (unpaired) electrons. The standard InChI is InChI=1S/C14H24N4O2.2ClH/c1-10(15)8-14(19)18-6-4-17(5-7-18)9-13-11(2)16-20-12(13)3;;/h10H,4-9,15H2,1-3H3;2*1H. The monoisotopic (exact) mass is 352 g/mol. The second-order valence-corrected chi connectivity index (χ2v) is 5.64. The van der Waals surface area contributed by atoms with Crippen LogP contribution in [-0.4, -0.2) is 53.1 Å². The van der Waals surface area contributed by atoms with E-state index in [-0.39, 0.29) is 36.8 Å². The summed E-state index contributed by atoms with van der Waals surface area (Å²) in [6, 6.07) is -0.0668. The van der Waals surface area contributed by atoms with Crippen molar-refractivity contribution in [2.24, 2.45) is 5.73 Å². The number of carbonyl (C=O) groups is 1. The molecule has 2 N–H and O–H groups in total. The van der Waals surface area contributed by atoms with Crippen LogP contribution in [-0.2, 0) is 11.3 Å². The van der Waals surface area contributed by atoms with E-state index in [0.717, 1.165) is 44.2 Å². The van der Waals surface area contributed by atoms with Crippen LogP contribution in [0.2, 0.25) is 0 Å². The van der Waals surface area contributed by atoms with Crippen molar-refractivity contribution in [3.05, 3.63) is 17.0 Å². The molecule has 1 saturated heterocycles. The lowest BCUT2D eigenvalue weighted by Gasteiger charge is -2.35. The predicted molar refractivity (Wildman–Crippen MR) is 90.6 cm³/mol. The van der Waals surface area contributed by atoms with Crippen LogP contribution in [0, 0.1) is 13.8 Å². The number of rotatable bonds is 4. The summed E-state index contributed by atoms with van der Waals surface area (Å²) in [5.74, 6) is 1.05. The number of nitrogens with two attached hydrogens (primary N) is 1. The minimum atomic E-state index is -0.0668. The normalized spacial score (nSPS) is 16.6. The third kappa shape index (κ3) is 5.43. The summed E-state index contributed by atoms with van der Waals surface area (Å²) in [5, 5.41) is 3.98. The molecule has 2 heterocycles. The molecule has 128 valence electrons. The number of hydrogen-bond donors (Lipinski definition) is 1. The van der Waals surface area contributed by atoms with Crippen molar-refractivity contribution in [1.29, 1.82) is 0 Å². The van der Waals surface area contributed by atoms with E-state index >= 15 is 0 Å². The quantitative estimate of drug-likeness (QED) is 0.888. The Hall–Kier alpha value is -0.820. The van der Waals surface area contributed by atoms with Crippen LogP contribution >= 0.6 is 24.8 Å². The van der Waals surface area contributed by atoms with Crippen LogP contribution in [0.4, 0.5) is 0 Å². The SMILES string of the molecule is Cc1noc(C)c1CN1CCN(C(=O)CC(C)N)CC1.Cl.Cl. The van der Waals surface area contributed by atoms with Crippen molar-refractivity contribution in [3.63, 3.8) is 0 Å². The van der Waals surface area contributed by atoms with E-state index < -0.39 is 0 Å². The van der Waals surface area contributed by atoms with Crippen molar-refractivity contribution in [1.82, 2.24) is 15.0 Å². The van der Waals surface area contributed by atoms with Crippen LogP contribution in [0.3, 0.4) is 0 Å². The lowest BCUT2D eigenvalue weighted by Crippen LogP contribution is -2.49. The van der Waals surface area contributed by atoms with Crippen LogP contribution in [0.5, 0.6) is 0 Å². The van der Waals surface area contributed by atoms with Gasteiger partial charge in [0.2, 0.25) is 5.91 Å². The fraction of sp³-hybridized carbons (Fsp3) is 0.714. The first-order chi connectivity index (χ1) is 9.47. The van der Waals surface area contributed by atoms with Crippen LogP contribution in [0.25, 0.3) is 0 Å². The Morgan fingerprint density at radius 2 is 1.86 bits per heavy atom. The zero-order valence-corrected chi connectivity index (χ0v) is 15.0. The first kappa shape index (κ1) is 21.2. The van der Waals surface area contributed by atoms with Crippen molar-refractivity contribution in [2.75, 3.05) is 26.2 Å². The highest BCUT2D eigenvalue weighted by atomic mass is 35.5. The number of carbonyl (C=O) groups excluding carboxylic acids is 1. The zero-order valence-electron chi connectivity index (χ0n) is 13.4. The molecule has 1 aliphatic heterocycles. The Morgan fingerprint density at radius 1 is 1.27 bits per heavy atom. The minimum Gasteiger partial charge on any atom is -0.361 e. The third-order valence-corrected chi connectivity index (χ3v) is 3.78. The number of nitrogens with zero attached hydrogens (tertiary/aromatic N) is 3. The molecule has 1 aromatic rings. The maximum Gasteiger partial charge on any atom is 0.224 e. The molecule has 0 bridgehead atoms. The van der Waals surface area contributed by atoms with Gasteiger partial charge in [0.15, 0.2) is 0 Å². The second-order valence-electron chi connectivity index (χ2n) is 5.64. The Bertz CT molecular complexity index is 452. The smallest absolute Gasteiger partial charge is 0.224 e. The third-order valence-electron chi connectivity index (χ3n) is 3.78. The van der Waals surface area contributed by atoms with E-state index in [1.807, 2.05) is 25.7 Å². The van der Waals surface area contributed by atoms with E-state index in [1.54, 1.807) is 0 Å². The van der Waals surface area contributed by atoms with Gasteiger partial charge in [0.25, 0.3) is 0 Å². The molecule has 0 spiro atoms. The Kier molecular flexibility index (Phi) is 9.00. The van der Waals surface area contributed by atoms with Crippen molar-refractivity contribution >= 4 is 30.7 Å². The summed E-state index contributed by atoms with van der Waals surface area (Å²) in [5.41, 5.74) is 7.80. The van der Waals surface area contributed by atoms with E-state index in [4.69, 9.17) is 10.3 Å². The van der Waals surface area contributed by atoms with Gasteiger partial charge in [-0.15, -0.1) is 24.8 Å². The van der Waals surface area contributed by atoms with Crippen molar-refractivity contribution in [3.8, 4) is 0 Å². The second kappa shape index (κ2) is 9.35. The summed E-state index contributed by atoms with van der Waals surface area (Å²) in [6.45, 7) is 9.93. The Morgan fingerprint density at radius 3 is 2.32 bits per heavy atom. The molecule has 1 unspecified atom stereocenters. The number of aromatic nitrogens is 1. The number of halogens is 2. The molecule has 0 saturated carbocycles. The topological polar surface area (TPSA) is 75.6 Å². The van der Waals surface area contributed by atoms with Gasteiger partial charge < -0.3 is 15.2 Å². The van der Waals surface area contributed by atoms with E-state index in [9.17, 15) is 4.79 Å². The highest BCUT2D eigenvalue weighted by Crippen LogP contribution is 2.16. The molecule has 1 aromatic heterocycles. The lowest BCUT2D eigenvalue weighted by molar-refractivity contribution is -0.133. The van der Waals surface area contributed by atoms with Gasteiger partial charge >= 0.3 is 0 Å². The van der Waals surface area contributed by atoms with E-state index in [2.05, 4.69) is 10.1 Å². The summed E-state index contributed by atoms with van der Waals surface area (Å²) < 4.78 is 5.18. The Balaban J connectivity index is 0.00000220. The summed E-state index contributed by atoms with van der Waals surface area (Å²) in [6.07, 6.45) is 0.434. The summed E-state index contributed by atoms with van der Waals surface area (Å²) in [4.78, 5) is 16.2. The fourth-order valence-electron chi connectivity index (χ4n) is 2.51. The first-order valence-electron chi connectivity index (χ1n) is 7.15. The van der Waals surface area contributed by atoms with Crippen LogP contribution in [0.15, 0.2) is 4.52 Å². The molecule has 1 amide bonds. The van der Waals surface area contributed by atoms with Gasteiger partial charge in [-0.25, -0.2) is 0 Å². The number of amides is 1. The highest BCUT2D eigenvalue weighted by Gasteiger charge is 2.23. The zero-order chi connectivity index (χ0) is 14.7. The predicted octanol–water partition coefficient (Wildman–Crippen LogP) is 1.52. The summed E-state index contributed by atoms with van der Waals surface area (Å²) in [7, 11) is 0. The highest BCUT2D eigenvalue weighted by molar-refractivity contribution is 5.85. The van der Waals surface area contributed by atoms with E-state index in [0.29, 0.717) is 6.42 Å². The van der Waals surface area contributed by atoms with Gasteiger partial charge in [-0.1, -0.05) is 5.16 Å². The molecule has 1 aliphatic rings. The maximum atomic E-state index is 11.9. The van der Waals surface area contributed by atoms with Crippen molar-refractivity contribution < 1.29 is 9.32 Å². The van der Waals surface area contributed by atoms with Gasteiger partial charge in [0.1, 0.15) is 5.76 Å². The Labute approximate surface area is 144 Å². The lowest BCUT2D eigenvalue weighted by atomic mass is 10.1. The molecule has 2 rings (SSSR count). The first-order valence-corrected chi connectivity index (χ1v) is 7.15. The maximum absolute atomic E-state index is 11.9. The van der Waals surface area contributed by atoms with Gasteiger partial charge in [-0.05, 0) is 20.8 Å². The molecular weight excluding hydrogens is 327 g/mol. The molecule has 22 heavy (non-hydrogen) atoms. The van der Waals surface area contributed by atoms with Crippen LogP contribution in [0.1, 0.15) is 30.4 Å². The number of piperazine rings is 1. The van der Waals surface area contributed by atoms with Gasteiger partial charge in [-0.3, -0.25) is 9.69 Å². The molecule has 1 atom stereocenters. The molecule has 1 fully saturated rings. The molecule has 8 heteroatoms. The average Bonchev–Trinajstić information content (AvgIpc) is 2.70. The average molecular weight is 353 g/mol. The fourth-order valence-corrected chi connectivity index (χ4v) is 2.51. The number of hydrogen-bond acceptors (Lipinski definition) is 5. The van der Waals surface area contributed by atoms with Gasteiger partial charge in [0, 0.05) is 50.7 Å². The molecule has 0 aromatic carbocycles. The molecule has 0 aliphatic carbocycles. The summed E-state index contributed by atoms with van der Waals surface area (Å²) >= 11 is 0. The van der Waals surface area contributed by atoms with E-state index in [1.165, 1.54) is 5.56 Å². The molecule has 6 nitrogen and oxygen atoms in total. The van der Waals surface area contributed by atoms with Gasteiger partial charge in [0.05, 0.1) is 5.69 Å². The van der Waals surface area contributed by atoms with Crippen molar-refractivity contribution in [2.45, 2.75) is 39.8 Å². The largest absolute Gasteiger partial charge is 0.361 e. The minimum absolute atomic E-state index is 0. The van der Waals surface area contributed by atoms with Gasteiger partial charge in [-0.2, -0.15) is 0 Å². The van der Waals surface area contributed by atoms with Crippen LogP contribution < -0.4 is 5.73 Å². The molecular formula is C14H26Cl2N4O2. The number of aryl methyl sites for hydroxylation is 2.